The lowest BCUT2D eigenvalue weighted by Gasteiger charge is -2.29. The van der Waals surface area contributed by atoms with Gasteiger partial charge in [0.15, 0.2) is 5.82 Å². The van der Waals surface area contributed by atoms with Crippen molar-refractivity contribution in [3.8, 4) is 0 Å². The summed E-state index contributed by atoms with van der Waals surface area (Å²) in [6.07, 6.45) is 5.93. The van der Waals surface area contributed by atoms with E-state index in [9.17, 15) is 9.59 Å². The van der Waals surface area contributed by atoms with Gasteiger partial charge in [0.25, 0.3) is 0 Å². The van der Waals surface area contributed by atoms with Gasteiger partial charge in [-0.1, -0.05) is 24.4 Å². The second-order valence-electron chi connectivity index (χ2n) is 6.09. The molecule has 1 saturated carbocycles. The number of amides is 3. The number of carbonyl (C=O) groups is 2. The monoisotopic (exact) mass is 322 g/mol. The molecule has 23 heavy (non-hydrogen) atoms. The van der Waals surface area contributed by atoms with E-state index in [0.29, 0.717) is 30.6 Å². The molecule has 0 aromatic carbocycles. The molecule has 1 aromatic heterocycles. The summed E-state index contributed by atoms with van der Waals surface area (Å²) in [5, 5.41) is 9.18. The Balaban J connectivity index is 1.92. The Morgan fingerprint density at radius 3 is 2.70 bits per heavy atom. The summed E-state index contributed by atoms with van der Waals surface area (Å²) in [7, 11) is 0. The van der Waals surface area contributed by atoms with Crippen LogP contribution in [0.15, 0.2) is 10.6 Å². The normalized spacial score (nSPS) is 15.2. The Kier molecular flexibility index (Phi) is 6.43. The summed E-state index contributed by atoms with van der Waals surface area (Å²) in [5.41, 5.74) is 0. The number of carbonyl (C=O) groups excluding carboxylic acids is 2. The van der Waals surface area contributed by atoms with Crippen LogP contribution < -0.4 is 10.6 Å². The molecule has 7 nitrogen and oxygen atoms in total. The number of hydrogen-bond acceptors (Lipinski definition) is 4. The van der Waals surface area contributed by atoms with Gasteiger partial charge in [-0.15, -0.1) is 0 Å². The van der Waals surface area contributed by atoms with Crippen LogP contribution in [0.3, 0.4) is 0 Å². The molecule has 0 unspecified atom stereocenters. The lowest BCUT2D eigenvalue weighted by Crippen LogP contribution is -2.46. The molecular formula is C16H26N4O3. The molecule has 0 saturated heterocycles. The van der Waals surface area contributed by atoms with Crippen LogP contribution in [0.2, 0.25) is 0 Å². The summed E-state index contributed by atoms with van der Waals surface area (Å²) in [6.45, 7) is 4.82. The highest BCUT2D eigenvalue weighted by Gasteiger charge is 2.23. The first-order chi connectivity index (χ1) is 11.1. The highest BCUT2D eigenvalue weighted by atomic mass is 16.5. The van der Waals surface area contributed by atoms with E-state index in [1.165, 1.54) is 19.3 Å². The minimum Gasteiger partial charge on any atom is -0.360 e. The molecule has 7 heteroatoms. The third-order valence-corrected chi connectivity index (χ3v) is 4.05. The van der Waals surface area contributed by atoms with Gasteiger partial charge < -0.3 is 20.1 Å². The number of nitrogens with one attached hydrogen (secondary N) is 2. The maximum Gasteiger partial charge on any atom is 0.317 e. The Morgan fingerprint density at radius 1 is 1.35 bits per heavy atom. The van der Waals surface area contributed by atoms with E-state index in [-0.39, 0.29) is 18.5 Å². The second kappa shape index (κ2) is 8.55. The number of aromatic nitrogens is 1. The van der Waals surface area contributed by atoms with Crippen LogP contribution in [0.25, 0.3) is 0 Å². The molecule has 0 spiro atoms. The van der Waals surface area contributed by atoms with Crippen molar-refractivity contribution in [2.75, 3.05) is 25.0 Å². The first-order valence-corrected chi connectivity index (χ1v) is 8.34. The van der Waals surface area contributed by atoms with Crippen LogP contribution in [-0.4, -0.2) is 41.6 Å². The maximum absolute atomic E-state index is 12.2. The van der Waals surface area contributed by atoms with Gasteiger partial charge in [0, 0.05) is 19.2 Å². The Morgan fingerprint density at radius 2 is 2.09 bits per heavy atom. The molecule has 2 N–H and O–H groups in total. The first kappa shape index (κ1) is 17.3. The van der Waals surface area contributed by atoms with E-state index in [4.69, 9.17) is 4.52 Å². The Labute approximate surface area is 136 Å². The topological polar surface area (TPSA) is 87.5 Å². The predicted molar refractivity (Wildman–Crippen MR) is 87.1 cm³/mol. The van der Waals surface area contributed by atoms with Crippen LogP contribution in [0.5, 0.6) is 0 Å². The summed E-state index contributed by atoms with van der Waals surface area (Å²) in [6, 6.07) is 1.46. The van der Waals surface area contributed by atoms with E-state index in [0.717, 1.165) is 12.8 Å². The van der Waals surface area contributed by atoms with Gasteiger partial charge in [-0.3, -0.25) is 4.79 Å². The molecule has 1 aliphatic rings. The molecular weight excluding hydrogens is 296 g/mol. The van der Waals surface area contributed by atoms with Crippen LogP contribution in [-0.2, 0) is 4.79 Å². The van der Waals surface area contributed by atoms with Crippen LogP contribution in [0, 0.1) is 12.8 Å². The van der Waals surface area contributed by atoms with Gasteiger partial charge in [-0.05, 0) is 32.6 Å². The molecule has 1 aromatic rings. The zero-order chi connectivity index (χ0) is 16.7. The van der Waals surface area contributed by atoms with Crippen molar-refractivity contribution in [1.29, 1.82) is 0 Å². The molecule has 2 rings (SSSR count). The van der Waals surface area contributed by atoms with E-state index in [2.05, 4.69) is 15.8 Å². The van der Waals surface area contributed by atoms with Crippen LogP contribution in [0.4, 0.5) is 10.6 Å². The van der Waals surface area contributed by atoms with Crippen molar-refractivity contribution >= 4 is 17.8 Å². The van der Waals surface area contributed by atoms with Gasteiger partial charge in [0.1, 0.15) is 12.3 Å². The zero-order valence-electron chi connectivity index (χ0n) is 13.9. The van der Waals surface area contributed by atoms with Gasteiger partial charge in [-0.25, -0.2) is 4.79 Å². The van der Waals surface area contributed by atoms with Crippen molar-refractivity contribution in [3.63, 3.8) is 0 Å². The van der Waals surface area contributed by atoms with Gasteiger partial charge >= 0.3 is 6.03 Å². The summed E-state index contributed by atoms with van der Waals surface area (Å²) in [4.78, 5) is 26.0. The number of urea groups is 1. The number of aryl methyl sites for hydroxylation is 1. The molecule has 1 heterocycles. The van der Waals surface area contributed by atoms with Gasteiger partial charge in [0.05, 0.1) is 0 Å². The molecule has 0 bridgehead atoms. The zero-order valence-corrected chi connectivity index (χ0v) is 13.9. The van der Waals surface area contributed by atoms with Crippen molar-refractivity contribution in [1.82, 2.24) is 15.4 Å². The van der Waals surface area contributed by atoms with E-state index in [1.54, 1.807) is 17.9 Å². The van der Waals surface area contributed by atoms with E-state index >= 15 is 0 Å². The minimum absolute atomic E-state index is 0.0221. The lowest BCUT2D eigenvalue weighted by molar-refractivity contribution is -0.117. The lowest BCUT2D eigenvalue weighted by atomic mass is 9.89. The molecule has 0 aliphatic heterocycles. The van der Waals surface area contributed by atoms with Crippen molar-refractivity contribution in [3.05, 3.63) is 11.8 Å². The largest absolute Gasteiger partial charge is 0.360 e. The fourth-order valence-corrected chi connectivity index (χ4v) is 2.94. The molecule has 0 radical (unpaired) electrons. The maximum atomic E-state index is 12.2. The van der Waals surface area contributed by atoms with Crippen molar-refractivity contribution in [2.45, 2.75) is 46.0 Å². The van der Waals surface area contributed by atoms with Gasteiger partial charge in [0.2, 0.25) is 5.91 Å². The minimum atomic E-state index is -0.264. The average molecular weight is 322 g/mol. The summed E-state index contributed by atoms with van der Waals surface area (Å²) >= 11 is 0. The molecule has 3 amide bonds. The number of nitrogens with zero attached hydrogens (tertiary/aromatic N) is 2. The Bertz CT molecular complexity index is 523. The highest BCUT2D eigenvalue weighted by Crippen LogP contribution is 2.24. The SMILES string of the molecule is CCNC(=O)N(CC(=O)Nc1cc(C)on1)CC1CCCCC1. The molecule has 1 fully saturated rings. The third-order valence-electron chi connectivity index (χ3n) is 4.05. The van der Waals surface area contributed by atoms with E-state index in [1.807, 2.05) is 6.92 Å². The Hall–Kier alpha value is -2.05. The van der Waals surface area contributed by atoms with Gasteiger partial charge in [-0.2, -0.15) is 0 Å². The molecule has 0 atom stereocenters. The van der Waals surface area contributed by atoms with Crippen LogP contribution >= 0.6 is 0 Å². The smallest absolute Gasteiger partial charge is 0.317 e. The average Bonchev–Trinajstić information content (AvgIpc) is 2.93. The fraction of sp³-hybridized carbons (Fsp3) is 0.688. The van der Waals surface area contributed by atoms with Crippen LogP contribution in [0.1, 0.15) is 44.8 Å². The van der Waals surface area contributed by atoms with Crippen molar-refractivity contribution in [2.24, 2.45) is 5.92 Å². The first-order valence-electron chi connectivity index (χ1n) is 8.34. The highest BCUT2D eigenvalue weighted by molar-refractivity contribution is 5.93. The summed E-state index contributed by atoms with van der Waals surface area (Å²) < 4.78 is 4.92. The predicted octanol–water partition coefficient (Wildman–Crippen LogP) is 2.53. The van der Waals surface area contributed by atoms with Crippen molar-refractivity contribution < 1.29 is 14.1 Å². The number of hydrogen-bond donors (Lipinski definition) is 2. The summed E-state index contributed by atoms with van der Waals surface area (Å²) in [5.74, 6) is 1.22. The second-order valence-corrected chi connectivity index (χ2v) is 6.09. The fourth-order valence-electron chi connectivity index (χ4n) is 2.94. The number of rotatable bonds is 6. The third kappa shape index (κ3) is 5.58. The molecule has 1 aliphatic carbocycles. The van der Waals surface area contributed by atoms with E-state index < -0.39 is 0 Å². The number of anilines is 1. The quantitative estimate of drug-likeness (QED) is 0.842. The molecule has 128 valence electrons. The standard InChI is InChI=1S/C16H26N4O3/c1-3-17-16(22)20(10-13-7-5-4-6-8-13)11-15(21)18-14-9-12(2)23-19-14/h9,13H,3-8,10-11H2,1-2H3,(H,17,22)(H,18,19,21).